The number of hydrogen-bond acceptors (Lipinski definition) is 2. The van der Waals surface area contributed by atoms with Gasteiger partial charge in [0.05, 0.1) is 11.3 Å². The van der Waals surface area contributed by atoms with Crippen molar-refractivity contribution in [2.24, 2.45) is 0 Å². The third-order valence-electron chi connectivity index (χ3n) is 2.45. The van der Waals surface area contributed by atoms with Crippen LogP contribution in [0.5, 0.6) is 0 Å². The van der Waals surface area contributed by atoms with Gasteiger partial charge < -0.3 is 5.73 Å². The second kappa shape index (κ2) is 4.31. The van der Waals surface area contributed by atoms with Gasteiger partial charge in [0.25, 0.3) is 0 Å². The molecule has 18 heavy (non-hydrogen) atoms. The van der Waals surface area contributed by atoms with E-state index < -0.39 is 11.7 Å². The van der Waals surface area contributed by atoms with Crippen LogP contribution in [0.1, 0.15) is 11.1 Å². The van der Waals surface area contributed by atoms with Gasteiger partial charge in [0.15, 0.2) is 0 Å². The van der Waals surface area contributed by atoms with E-state index in [2.05, 4.69) is 21.0 Å². The molecule has 0 unspecified atom stereocenters. The van der Waals surface area contributed by atoms with E-state index in [-0.39, 0.29) is 11.5 Å². The van der Waals surface area contributed by atoms with Crippen LogP contribution < -0.4 is 5.73 Å². The van der Waals surface area contributed by atoms with Crippen LogP contribution >= 0.6 is 15.9 Å². The van der Waals surface area contributed by atoms with Crippen LogP contribution in [0.3, 0.4) is 0 Å². The quantitative estimate of drug-likeness (QED) is 0.873. The van der Waals surface area contributed by atoms with Gasteiger partial charge in [0.1, 0.15) is 5.82 Å². The zero-order valence-corrected chi connectivity index (χ0v) is 10.9. The Kier molecular flexibility index (Phi) is 3.10. The maximum Gasteiger partial charge on any atom is 0.418 e. The van der Waals surface area contributed by atoms with Gasteiger partial charge in [-0.1, -0.05) is 15.9 Å². The van der Waals surface area contributed by atoms with Gasteiger partial charge >= 0.3 is 6.18 Å². The molecule has 1 aromatic heterocycles. The Hall–Kier alpha value is -1.50. The molecule has 0 aliphatic rings. The van der Waals surface area contributed by atoms with Crippen LogP contribution in [0.15, 0.2) is 28.9 Å². The van der Waals surface area contributed by atoms with Crippen LogP contribution in [-0.4, -0.2) is 9.78 Å². The van der Waals surface area contributed by atoms with Crippen LogP contribution in [0.2, 0.25) is 0 Å². The highest BCUT2D eigenvalue weighted by Crippen LogP contribution is 2.35. The molecule has 0 bridgehead atoms. The highest BCUT2D eigenvalue weighted by atomic mass is 79.9. The maximum absolute atomic E-state index is 12.9. The molecular formula is C11H9BrF3N3. The summed E-state index contributed by atoms with van der Waals surface area (Å²) >= 11 is 3.03. The molecule has 0 amide bonds. The first kappa shape index (κ1) is 12.9. The van der Waals surface area contributed by atoms with Crippen molar-refractivity contribution in [3.63, 3.8) is 0 Å². The second-order valence-corrected chi connectivity index (χ2v) is 4.72. The number of nitrogens with zero attached hydrogens (tertiary/aromatic N) is 2. The van der Waals surface area contributed by atoms with Gasteiger partial charge in [-0.15, -0.1) is 0 Å². The molecule has 2 aromatic rings. The lowest BCUT2D eigenvalue weighted by Crippen LogP contribution is -2.11. The monoisotopic (exact) mass is 319 g/mol. The van der Waals surface area contributed by atoms with Crippen molar-refractivity contribution in [2.45, 2.75) is 13.1 Å². The molecule has 0 atom stereocenters. The van der Waals surface area contributed by atoms with Crippen LogP contribution in [0, 0.1) is 6.92 Å². The average Bonchev–Trinajstić information content (AvgIpc) is 2.57. The maximum atomic E-state index is 12.9. The first-order valence-corrected chi connectivity index (χ1v) is 5.77. The highest BCUT2D eigenvalue weighted by Gasteiger charge is 2.34. The Bertz CT molecular complexity index is 570. The molecule has 2 N–H and O–H groups in total. The lowest BCUT2D eigenvalue weighted by Gasteiger charge is -2.13. The van der Waals surface area contributed by atoms with Crippen molar-refractivity contribution >= 4 is 21.7 Å². The minimum atomic E-state index is -4.45. The first-order valence-electron chi connectivity index (χ1n) is 4.98. The number of benzene rings is 1. The predicted molar refractivity (Wildman–Crippen MR) is 65.4 cm³/mol. The van der Waals surface area contributed by atoms with Gasteiger partial charge in [-0.05, 0) is 25.1 Å². The van der Waals surface area contributed by atoms with E-state index in [1.807, 2.05) is 0 Å². The minimum Gasteiger partial charge on any atom is -0.382 e. The fourth-order valence-electron chi connectivity index (χ4n) is 1.53. The van der Waals surface area contributed by atoms with Crippen LogP contribution in [-0.2, 0) is 6.18 Å². The molecule has 7 heteroatoms. The lowest BCUT2D eigenvalue weighted by molar-refractivity contribution is -0.137. The Morgan fingerprint density at radius 2 is 2.00 bits per heavy atom. The van der Waals surface area contributed by atoms with E-state index in [1.54, 1.807) is 6.92 Å². The third-order valence-corrected chi connectivity index (χ3v) is 2.94. The van der Waals surface area contributed by atoms with Gasteiger partial charge in [-0.25, -0.2) is 4.68 Å². The summed E-state index contributed by atoms with van der Waals surface area (Å²) in [5.41, 5.74) is 5.36. The number of nitrogen functional groups attached to an aromatic ring is 1. The average molecular weight is 320 g/mol. The molecule has 2 rings (SSSR count). The predicted octanol–water partition coefficient (Wildman–Crippen LogP) is 3.54. The standard InChI is InChI=1S/C11H9BrF3N3/c1-6-5-18(17-10(6)16)9-3-2-7(12)4-8(9)11(13,14)15/h2-5H,1H3,(H2,16,17). The number of alkyl halides is 3. The Labute approximate surface area is 110 Å². The van der Waals surface area contributed by atoms with Crippen molar-refractivity contribution in [3.8, 4) is 5.69 Å². The van der Waals surface area contributed by atoms with Crippen molar-refractivity contribution in [1.82, 2.24) is 9.78 Å². The fraction of sp³-hybridized carbons (Fsp3) is 0.182. The fourth-order valence-corrected chi connectivity index (χ4v) is 1.89. The molecule has 1 heterocycles. The molecule has 0 spiro atoms. The third kappa shape index (κ3) is 2.35. The van der Waals surface area contributed by atoms with Crippen molar-refractivity contribution < 1.29 is 13.2 Å². The summed E-state index contributed by atoms with van der Waals surface area (Å²) in [6.45, 7) is 1.69. The summed E-state index contributed by atoms with van der Waals surface area (Å²) in [5.74, 6) is 0.214. The van der Waals surface area contributed by atoms with E-state index in [1.165, 1.54) is 18.3 Å². The van der Waals surface area contributed by atoms with E-state index in [9.17, 15) is 13.2 Å². The SMILES string of the molecule is Cc1cn(-c2ccc(Br)cc2C(F)(F)F)nc1N. The van der Waals surface area contributed by atoms with Gasteiger partial charge in [-0.2, -0.15) is 18.3 Å². The molecule has 1 aromatic carbocycles. The molecule has 0 saturated carbocycles. The second-order valence-electron chi connectivity index (χ2n) is 3.80. The van der Waals surface area contributed by atoms with E-state index >= 15 is 0 Å². The smallest absolute Gasteiger partial charge is 0.382 e. The molecule has 0 aliphatic heterocycles. The molecule has 96 valence electrons. The number of aromatic nitrogens is 2. The van der Waals surface area contributed by atoms with Gasteiger partial charge in [0, 0.05) is 16.2 Å². The van der Waals surface area contributed by atoms with E-state index in [0.717, 1.165) is 10.7 Å². The number of nitrogens with two attached hydrogens (primary N) is 1. The molecule has 0 saturated heterocycles. The normalized spacial score (nSPS) is 11.8. The number of rotatable bonds is 1. The number of anilines is 1. The summed E-state index contributed by atoms with van der Waals surface area (Å²) in [5, 5.41) is 3.86. The van der Waals surface area contributed by atoms with Crippen molar-refractivity contribution in [2.75, 3.05) is 5.73 Å². The summed E-state index contributed by atoms with van der Waals surface area (Å²) in [6, 6.07) is 3.89. The van der Waals surface area contributed by atoms with Crippen molar-refractivity contribution in [3.05, 3.63) is 40.0 Å². The van der Waals surface area contributed by atoms with Gasteiger partial charge in [0.2, 0.25) is 0 Å². The number of halogens is 4. The summed E-state index contributed by atoms with van der Waals surface area (Å²) in [4.78, 5) is 0. The topological polar surface area (TPSA) is 43.8 Å². The van der Waals surface area contributed by atoms with Crippen LogP contribution in [0.4, 0.5) is 19.0 Å². The van der Waals surface area contributed by atoms with Crippen molar-refractivity contribution in [1.29, 1.82) is 0 Å². The molecule has 3 nitrogen and oxygen atoms in total. The zero-order chi connectivity index (χ0) is 13.5. The minimum absolute atomic E-state index is 0.0505. The summed E-state index contributed by atoms with van der Waals surface area (Å²) in [7, 11) is 0. The van der Waals surface area contributed by atoms with Crippen LogP contribution in [0.25, 0.3) is 5.69 Å². The summed E-state index contributed by atoms with van der Waals surface area (Å²) < 4.78 is 40.3. The summed E-state index contributed by atoms with van der Waals surface area (Å²) in [6.07, 6.45) is -2.98. The number of hydrogen-bond donors (Lipinski definition) is 1. The Balaban J connectivity index is 2.64. The van der Waals surface area contributed by atoms with E-state index in [0.29, 0.717) is 10.0 Å². The Morgan fingerprint density at radius 3 is 2.50 bits per heavy atom. The molecule has 0 fully saturated rings. The highest BCUT2D eigenvalue weighted by molar-refractivity contribution is 9.10. The molecule has 0 radical (unpaired) electrons. The molecule has 0 aliphatic carbocycles. The Morgan fingerprint density at radius 1 is 1.33 bits per heavy atom. The van der Waals surface area contributed by atoms with E-state index in [4.69, 9.17) is 5.73 Å². The molecular weight excluding hydrogens is 311 g/mol. The largest absolute Gasteiger partial charge is 0.418 e. The lowest BCUT2D eigenvalue weighted by atomic mass is 10.1. The van der Waals surface area contributed by atoms with Gasteiger partial charge in [-0.3, -0.25) is 0 Å². The number of aryl methyl sites for hydroxylation is 1. The zero-order valence-electron chi connectivity index (χ0n) is 9.29. The first-order chi connectivity index (χ1) is 8.29.